The second kappa shape index (κ2) is 10.1. The maximum Gasteiger partial charge on any atom is 0.419 e. The summed E-state index contributed by atoms with van der Waals surface area (Å²) in [6, 6.07) is 7.83. The third-order valence-electron chi connectivity index (χ3n) is 4.44. The molecule has 0 saturated heterocycles. The molecule has 3 rings (SSSR count). The van der Waals surface area contributed by atoms with Crippen LogP contribution in [0.3, 0.4) is 0 Å². The molecule has 0 saturated carbocycles. The quantitative estimate of drug-likeness (QED) is 0.300. The molecule has 0 atom stereocenters. The maximum absolute atomic E-state index is 13.3. The van der Waals surface area contributed by atoms with Gasteiger partial charge in [0.25, 0.3) is 11.8 Å². The number of pyridine rings is 1. The maximum atomic E-state index is 13.3. The van der Waals surface area contributed by atoms with Crippen molar-refractivity contribution in [3.63, 3.8) is 0 Å². The second-order valence-corrected chi connectivity index (χ2v) is 6.92. The zero-order valence-corrected chi connectivity index (χ0v) is 17.2. The molecule has 2 aromatic carbocycles. The van der Waals surface area contributed by atoms with Gasteiger partial charge in [-0.05, 0) is 36.4 Å². The van der Waals surface area contributed by atoms with Crippen molar-refractivity contribution in [3.05, 3.63) is 83.1 Å². The number of hydrogen-bond acceptors (Lipinski definition) is 5. The number of aromatic hydroxyl groups is 1. The zero-order valence-electron chi connectivity index (χ0n) is 17.2. The van der Waals surface area contributed by atoms with Gasteiger partial charge in [-0.25, -0.2) is 13.8 Å². The summed E-state index contributed by atoms with van der Waals surface area (Å²) in [4.78, 5) is 28.0. The van der Waals surface area contributed by atoms with Crippen LogP contribution in [-0.4, -0.2) is 35.0 Å². The Morgan fingerprint density at radius 1 is 0.941 bits per heavy atom. The standard InChI is InChI=1S/C22H17F5N4O3/c23-13-8-12(9-14(24)10-13)20(33)31-15-3-4-16(18(32)11-15)21(34)30-7-6-29-19-17(22(25,26)27)2-1-5-28-19/h1-5,8-11,32H,6-7H2,(H,28,29)(H,30,34)(H,31,33). The van der Waals surface area contributed by atoms with Crippen LogP contribution >= 0.6 is 0 Å². The lowest BCUT2D eigenvalue weighted by molar-refractivity contribution is -0.137. The molecular weight excluding hydrogens is 463 g/mol. The highest BCUT2D eigenvalue weighted by atomic mass is 19.4. The number of nitrogens with zero attached hydrogens (tertiary/aromatic N) is 1. The minimum Gasteiger partial charge on any atom is -0.507 e. The van der Waals surface area contributed by atoms with Crippen molar-refractivity contribution < 1.29 is 36.6 Å². The van der Waals surface area contributed by atoms with Crippen molar-refractivity contribution in [1.29, 1.82) is 0 Å². The third-order valence-corrected chi connectivity index (χ3v) is 4.44. The van der Waals surface area contributed by atoms with Crippen molar-refractivity contribution in [2.75, 3.05) is 23.7 Å². The lowest BCUT2D eigenvalue weighted by Gasteiger charge is -2.13. The Balaban J connectivity index is 1.57. The molecule has 0 aliphatic heterocycles. The summed E-state index contributed by atoms with van der Waals surface area (Å²) in [5.41, 5.74) is -1.34. The van der Waals surface area contributed by atoms with Gasteiger partial charge < -0.3 is 21.1 Å². The Morgan fingerprint density at radius 3 is 2.29 bits per heavy atom. The third kappa shape index (κ3) is 6.18. The summed E-state index contributed by atoms with van der Waals surface area (Å²) < 4.78 is 65.4. The predicted octanol–water partition coefficient (Wildman–Crippen LogP) is 4.18. The number of benzene rings is 2. The summed E-state index contributed by atoms with van der Waals surface area (Å²) in [6.07, 6.45) is -3.40. The van der Waals surface area contributed by atoms with Crippen molar-refractivity contribution in [2.45, 2.75) is 6.18 Å². The monoisotopic (exact) mass is 480 g/mol. The summed E-state index contributed by atoms with van der Waals surface area (Å²) in [6.45, 7) is -0.166. The predicted molar refractivity (Wildman–Crippen MR) is 112 cm³/mol. The Hall–Kier alpha value is -4.22. The molecule has 4 N–H and O–H groups in total. The van der Waals surface area contributed by atoms with Crippen LogP contribution in [0.4, 0.5) is 33.5 Å². The second-order valence-electron chi connectivity index (χ2n) is 6.92. The van der Waals surface area contributed by atoms with E-state index in [2.05, 4.69) is 20.9 Å². The lowest BCUT2D eigenvalue weighted by Crippen LogP contribution is -2.29. The van der Waals surface area contributed by atoms with Gasteiger partial charge in [0, 0.05) is 42.7 Å². The van der Waals surface area contributed by atoms with E-state index in [1.807, 2.05) is 0 Å². The van der Waals surface area contributed by atoms with Gasteiger partial charge in [-0.1, -0.05) is 0 Å². The number of hydrogen-bond donors (Lipinski definition) is 4. The number of alkyl halides is 3. The molecule has 0 unspecified atom stereocenters. The minimum atomic E-state index is -4.59. The topological polar surface area (TPSA) is 103 Å². The Kier molecular flexibility index (Phi) is 7.29. The highest BCUT2D eigenvalue weighted by Crippen LogP contribution is 2.33. The smallest absolute Gasteiger partial charge is 0.419 e. The molecule has 1 heterocycles. The SMILES string of the molecule is O=C(Nc1ccc(C(=O)NCCNc2ncccc2C(F)(F)F)c(O)c1)c1cc(F)cc(F)c1. The van der Waals surface area contributed by atoms with E-state index in [4.69, 9.17) is 0 Å². The van der Waals surface area contributed by atoms with Gasteiger partial charge in [-0.3, -0.25) is 9.59 Å². The largest absolute Gasteiger partial charge is 0.507 e. The van der Waals surface area contributed by atoms with Gasteiger partial charge in [0.2, 0.25) is 0 Å². The summed E-state index contributed by atoms with van der Waals surface area (Å²) >= 11 is 0. The van der Waals surface area contributed by atoms with Gasteiger partial charge >= 0.3 is 6.18 Å². The molecule has 2 amide bonds. The fourth-order valence-electron chi connectivity index (χ4n) is 2.92. The molecule has 178 valence electrons. The molecule has 0 aliphatic rings. The Bertz CT molecular complexity index is 1200. The van der Waals surface area contributed by atoms with Gasteiger partial charge in [-0.15, -0.1) is 0 Å². The number of nitrogens with one attached hydrogen (secondary N) is 3. The molecular formula is C22H17F5N4O3. The van der Waals surface area contributed by atoms with E-state index < -0.39 is 40.9 Å². The van der Waals surface area contributed by atoms with Gasteiger partial charge in [0.15, 0.2) is 0 Å². The normalized spacial score (nSPS) is 11.1. The first kappa shape index (κ1) is 24.4. The van der Waals surface area contributed by atoms with Crippen LogP contribution in [0.1, 0.15) is 26.3 Å². The highest BCUT2D eigenvalue weighted by molar-refractivity contribution is 6.05. The molecule has 3 aromatic rings. The van der Waals surface area contributed by atoms with Gasteiger partial charge in [0.1, 0.15) is 23.2 Å². The van der Waals surface area contributed by atoms with E-state index in [9.17, 15) is 36.6 Å². The van der Waals surface area contributed by atoms with Crippen LogP contribution in [-0.2, 0) is 6.18 Å². The number of amides is 2. The number of carbonyl (C=O) groups is 2. The van der Waals surface area contributed by atoms with Crippen molar-refractivity contribution in [2.24, 2.45) is 0 Å². The molecule has 0 aliphatic carbocycles. The van der Waals surface area contributed by atoms with E-state index in [0.29, 0.717) is 6.07 Å². The Labute approximate surface area is 189 Å². The first-order valence-electron chi connectivity index (χ1n) is 9.69. The summed E-state index contributed by atoms with van der Waals surface area (Å²) in [7, 11) is 0. The summed E-state index contributed by atoms with van der Waals surface area (Å²) in [5.74, 6) is -4.32. The van der Waals surface area contributed by atoms with Crippen LogP contribution in [0.5, 0.6) is 5.75 Å². The molecule has 1 aromatic heterocycles. The van der Waals surface area contributed by atoms with E-state index in [1.54, 1.807) is 0 Å². The van der Waals surface area contributed by atoms with Crippen molar-refractivity contribution >= 4 is 23.3 Å². The van der Waals surface area contributed by atoms with Gasteiger partial charge in [0.05, 0.1) is 11.1 Å². The minimum absolute atomic E-state index is 0.0558. The molecule has 0 spiro atoms. The lowest BCUT2D eigenvalue weighted by atomic mass is 10.1. The van der Waals surface area contributed by atoms with E-state index >= 15 is 0 Å². The molecule has 0 bridgehead atoms. The van der Waals surface area contributed by atoms with Crippen LogP contribution in [0.15, 0.2) is 54.7 Å². The van der Waals surface area contributed by atoms with E-state index in [1.165, 1.54) is 18.3 Å². The number of rotatable bonds is 7. The first-order valence-corrected chi connectivity index (χ1v) is 9.69. The number of anilines is 2. The number of phenols is 1. The van der Waals surface area contributed by atoms with Crippen LogP contribution in [0, 0.1) is 11.6 Å². The fraction of sp³-hybridized carbons (Fsp3) is 0.136. The van der Waals surface area contributed by atoms with Crippen LogP contribution in [0.2, 0.25) is 0 Å². The van der Waals surface area contributed by atoms with Crippen LogP contribution in [0.25, 0.3) is 0 Å². The van der Waals surface area contributed by atoms with Crippen molar-refractivity contribution in [1.82, 2.24) is 10.3 Å². The fourth-order valence-corrected chi connectivity index (χ4v) is 2.92. The summed E-state index contributed by atoms with van der Waals surface area (Å²) in [5, 5.41) is 17.4. The zero-order chi connectivity index (χ0) is 24.9. The molecule has 0 radical (unpaired) electrons. The molecule has 34 heavy (non-hydrogen) atoms. The van der Waals surface area contributed by atoms with E-state index in [0.717, 1.165) is 30.3 Å². The van der Waals surface area contributed by atoms with Crippen molar-refractivity contribution in [3.8, 4) is 5.75 Å². The Morgan fingerprint density at radius 2 is 1.65 bits per heavy atom. The van der Waals surface area contributed by atoms with Crippen LogP contribution < -0.4 is 16.0 Å². The number of carbonyl (C=O) groups excluding carboxylic acids is 2. The molecule has 0 fully saturated rings. The average Bonchev–Trinajstić information content (AvgIpc) is 2.75. The number of aromatic nitrogens is 1. The number of phenolic OH excluding ortho intramolecular Hbond substituents is 1. The molecule has 7 nitrogen and oxygen atoms in total. The first-order chi connectivity index (χ1) is 16.0. The van der Waals surface area contributed by atoms with E-state index in [-0.39, 0.29) is 35.7 Å². The van der Waals surface area contributed by atoms with Gasteiger partial charge in [-0.2, -0.15) is 13.2 Å². The number of halogens is 5. The molecule has 12 heteroatoms. The average molecular weight is 480 g/mol. The highest BCUT2D eigenvalue weighted by Gasteiger charge is 2.33.